The quantitative estimate of drug-likeness (QED) is 0.564. The third kappa shape index (κ3) is 6.90. The first kappa shape index (κ1) is 7.90. The summed E-state index contributed by atoms with van der Waals surface area (Å²) in [5, 5.41) is 0. The van der Waals surface area contributed by atoms with Crippen molar-refractivity contribution in [1.82, 2.24) is 0 Å². The maximum atomic E-state index is 5.04. The molecule has 0 spiro atoms. The second kappa shape index (κ2) is 6.90. The summed E-state index contributed by atoms with van der Waals surface area (Å²) >= 11 is 0.570. The van der Waals surface area contributed by atoms with Crippen molar-refractivity contribution >= 4 is 0 Å². The van der Waals surface area contributed by atoms with E-state index in [0.29, 0.717) is 26.6 Å². The molecular formula is C5H11HgO. The van der Waals surface area contributed by atoms with Gasteiger partial charge in [-0.1, -0.05) is 0 Å². The third-order valence-corrected chi connectivity index (χ3v) is 2.01. The van der Waals surface area contributed by atoms with Gasteiger partial charge in [0.2, 0.25) is 0 Å². The molecule has 0 aromatic carbocycles. The van der Waals surface area contributed by atoms with Crippen molar-refractivity contribution in [2.45, 2.75) is 26.2 Å². The summed E-state index contributed by atoms with van der Waals surface area (Å²) in [6, 6.07) is 0. The van der Waals surface area contributed by atoms with E-state index in [1.165, 1.54) is 19.3 Å². The van der Waals surface area contributed by atoms with Gasteiger partial charge in [-0.3, -0.25) is 0 Å². The molecule has 39 valence electrons. The molecule has 0 amide bonds. The third-order valence-electron chi connectivity index (χ3n) is 0.892. The Balaban J connectivity index is 2.45. The first-order valence-electron chi connectivity index (χ1n) is 2.78. The van der Waals surface area contributed by atoms with Gasteiger partial charge in [-0.25, -0.2) is 0 Å². The van der Waals surface area contributed by atoms with Gasteiger partial charge in [0.15, 0.2) is 0 Å². The second-order valence-electron chi connectivity index (χ2n) is 1.62. The fourth-order valence-electron chi connectivity index (χ4n) is 0.454. The van der Waals surface area contributed by atoms with Crippen molar-refractivity contribution in [3.05, 3.63) is 0 Å². The average Bonchev–Trinajstić information content (AvgIpc) is 1.69. The van der Waals surface area contributed by atoms with E-state index in [1.54, 1.807) is 0 Å². The van der Waals surface area contributed by atoms with Gasteiger partial charge in [0.25, 0.3) is 0 Å². The first-order chi connectivity index (χ1) is 3.41. The summed E-state index contributed by atoms with van der Waals surface area (Å²) in [6.07, 6.45) is 3.90. The van der Waals surface area contributed by atoms with Crippen molar-refractivity contribution in [2.75, 3.05) is 6.61 Å². The molecule has 0 radical (unpaired) electrons. The molecule has 0 aromatic heterocycles. The van der Waals surface area contributed by atoms with Crippen molar-refractivity contribution in [2.24, 2.45) is 0 Å². The topological polar surface area (TPSA) is 9.23 Å². The molecule has 0 unspecified atom stereocenters. The Kier molecular flexibility index (Phi) is 7.78. The number of hydrogen-bond acceptors (Lipinski definition) is 1. The van der Waals surface area contributed by atoms with Crippen LogP contribution in [0.3, 0.4) is 0 Å². The maximum absolute atomic E-state index is 5.04. The standard InChI is InChI=1S/C5H11O.Hg/c1-2-3-4-5-6;/h2-5H2,1H3;/q-1;+1. The van der Waals surface area contributed by atoms with Crippen LogP contribution in [0.4, 0.5) is 0 Å². The molecule has 0 rings (SSSR count). The fraction of sp³-hybridized carbons (Fsp3) is 1.00. The molecule has 0 heterocycles. The molecule has 0 aromatic rings. The van der Waals surface area contributed by atoms with E-state index < -0.39 is 0 Å². The minimum atomic E-state index is 0.570. The van der Waals surface area contributed by atoms with E-state index in [9.17, 15) is 0 Å². The minimum absolute atomic E-state index is 0.570. The van der Waals surface area contributed by atoms with Crippen LogP contribution in [0.2, 0.25) is 0 Å². The number of hydrogen-bond donors (Lipinski definition) is 0. The van der Waals surface area contributed by atoms with Crippen molar-refractivity contribution in [3.63, 3.8) is 0 Å². The molecule has 0 saturated heterocycles. The van der Waals surface area contributed by atoms with E-state index in [2.05, 4.69) is 6.92 Å². The Morgan fingerprint density at radius 3 is 2.57 bits per heavy atom. The molecule has 0 aliphatic carbocycles. The summed E-state index contributed by atoms with van der Waals surface area (Å²) in [4.78, 5) is 0. The summed E-state index contributed by atoms with van der Waals surface area (Å²) in [5.74, 6) is 0. The first-order valence-corrected chi connectivity index (χ1v) is 5.03. The van der Waals surface area contributed by atoms with Gasteiger partial charge >= 0.3 is 62.0 Å². The molecular weight excluding hydrogens is 277 g/mol. The van der Waals surface area contributed by atoms with Crippen molar-refractivity contribution < 1.29 is 29.2 Å². The van der Waals surface area contributed by atoms with E-state index in [0.717, 1.165) is 6.61 Å². The van der Waals surface area contributed by atoms with Crippen LogP contribution in [0.1, 0.15) is 26.2 Å². The van der Waals surface area contributed by atoms with Crippen LogP contribution < -0.4 is 0 Å². The summed E-state index contributed by atoms with van der Waals surface area (Å²) in [6.45, 7) is 3.22. The Labute approximate surface area is 62.1 Å². The summed E-state index contributed by atoms with van der Waals surface area (Å²) in [5.41, 5.74) is 0. The van der Waals surface area contributed by atoms with Crippen molar-refractivity contribution in [1.29, 1.82) is 0 Å². The second-order valence-corrected chi connectivity index (χ2v) is 3.20. The molecule has 0 aliphatic heterocycles. The van der Waals surface area contributed by atoms with Crippen LogP contribution in [0.25, 0.3) is 0 Å². The van der Waals surface area contributed by atoms with E-state index >= 15 is 0 Å². The van der Waals surface area contributed by atoms with Crippen LogP contribution in [0.5, 0.6) is 0 Å². The Morgan fingerprint density at radius 1 is 1.43 bits per heavy atom. The summed E-state index contributed by atoms with van der Waals surface area (Å²) in [7, 11) is 0. The van der Waals surface area contributed by atoms with E-state index in [4.69, 9.17) is 2.64 Å². The Morgan fingerprint density at radius 2 is 2.14 bits per heavy atom. The van der Waals surface area contributed by atoms with Gasteiger partial charge < -0.3 is 0 Å². The van der Waals surface area contributed by atoms with Crippen molar-refractivity contribution in [3.8, 4) is 0 Å². The molecule has 7 heavy (non-hydrogen) atoms. The van der Waals surface area contributed by atoms with E-state index in [1.807, 2.05) is 0 Å². The van der Waals surface area contributed by atoms with Crippen LogP contribution in [0.15, 0.2) is 0 Å². The van der Waals surface area contributed by atoms with Crippen LogP contribution >= 0.6 is 0 Å². The van der Waals surface area contributed by atoms with Crippen LogP contribution in [-0.2, 0) is 29.2 Å². The van der Waals surface area contributed by atoms with E-state index in [-0.39, 0.29) is 0 Å². The Hall–Kier alpha value is 0.895. The van der Waals surface area contributed by atoms with Gasteiger partial charge in [0, 0.05) is 0 Å². The molecule has 0 fully saturated rings. The van der Waals surface area contributed by atoms with Gasteiger partial charge in [0.1, 0.15) is 0 Å². The van der Waals surface area contributed by atoms with Crippen LogP contribution in [0, 0.1) is 0 Å². The Bertz CT molecular complexity index is 27.3. The molecule has 0 atom stereocenters. The number of unbranched alkanes of at least 4 members (excludes halogenated alkanes) is 2. The van der Waals surface area contributed by atoms with Gasteiger partial charge in [-0.05, 0) is 0 Å². The normalized spacial score (nSPS) is 9.57. The molecule has 0 aliphatic rings. The predicted octanol–water partition coefficient (Wildman–Crippen LogP) is 1.66. The summed E-state index contributed by atoms with van der Waals surface area (Å²) < 4.78 is 5.04. The van der Waals surface area contributed by atoms with Crippen LogP contribution in [-0.4, -0.2) is 6.61 Å². The number of rotatable bonds is 4. The molecule has 1 nitrogen and oxygen atoms in total. The predicted molar refractivity (Wildman–Crippen MR) is 25.5 cm³/mol. The van der Waals surface area contributed by atoms with Gasteiger partial charge in [-0.2, -0.15) is 0 Å². The zero-order valence-electron chi connectivity index (χ0n) is 4.94. The zero-order valence-corrected chi connectivity index (χ0v) is 10.4. The SMILES string of the molecule is CCCCC[O][Hg]. The van der Waals surface area contributed by atoms with Gasteiger partial charge in [-0.15, -0.1) is 0 Å². The molecule has 0 bridgehead atoms. The molecule has 0 N–H and O–H groups in total. The monoisotopic (exact) mass is 289 g/mol. The molecule has 2 heteroatoms. The zero-order chi connectivity index (χ0) is 5.54. The van der Waals surface area contributed by atoms with Gasteiger partial charge in [0.05, 0.1) is 0 Å². The fourth-order valence-corrected chi connectivity index (χ4v) is 1.25. The average molecular weight is 288 g/mol. The molecule has 0 saturated carbocycles.